The van der Waals surface area contributed by atoms with Crippen LogP contribution in [0.2, 0.25) is 0 Å². The molecular formula is C17H18O2. The van der Waals surface area contributed by atoms with Crippen LogP contribution in [-0.2, 0) is 9.53 Å². The van der Waals surface area contributed by atoms with Crippen molar-refractivity contribution in [3.8, 4) is 0 Å². The van der Waals surface area contributed by atoms with Crippen molar-refractivity contribution in [1.29, 1.82) is 0 Å². The monoisotopic (exact) mass is 254 g/mol. The molecule has 1 unspecified atom stereocenters. The number of hydrogen-bond donors (Lipinski definition) is 0. The molecule has 1 fully saturated rings. The van der Waals surface area contributed by atoms with E-state index in [0.717, 1.165) is 31.3 Å². The van der Waals surface area contributed by atoms with Gasteiger partial charge >= 0.3 is 5.97 Å². The zero-order valence-corrected chi connectivity index (χ0v) is 11.0. The molecule has 2 heteroatoms. The fourth-order valence-corrected chi connectivity index (χ4v) is 2.82. The van der Waals surface area contributed by atoms with E-state index in [1.807, 2.05) is 6.08 Å². The van der Waals surface area contributed by atoms with E-state index in [9.17, 15) is 4.79 Å². The number of carbonyl (C=O) groups is 1. The fourth-order valence-electron chi connectivity index (χ4n) is 2.82. The van der Waals surface area contributed by atoms with Crippen LogP contribution in [0.25, 0.3) is 0 Å². The summed E-state index contributed by atoms with van der Waals surface area (Å²) in [7, 11) is 0. The van der Waals surface area contributed by atoms with Crippen LogP contribution in [-0.4, -0.2) is 12.6 Å². The highest BCUT2D eigenvalue weighted by Gasteiger charge is 2.20. The van der Waals surface area contributed by atoms with Gasteiger partial charge in [0, 0.05) is 12.0 Å². The summed E-state index contributed by atoms with van der Waals surface area (Å²) in [6.07, 6.45) is 8.36. The molecule has 1 atom stereocenters. The Morgan fingerprint density at radius 3 is 2.63 bits per heavy atom. The minimum atomic E-state index is -0.133. The summed E-state index contributed by atoms with van der Waals surface area (Å²) in [5.74, 6) is 0.491. The van der Waals surface area contributed by atoms with Gasteiger partial charge in [0.25, 0.3) is 0 Å². The topological polar surface area (TPSA) is 26.3 Å². The van der Waals surface area contributed by atoms with Crippen LogP contribution in [0, 0.1) is 0 Å². The van der Waals surface area contributed by atoms with E-state index in [4.69, 9.17) is 4.74 Å². The molecule has 98 valence electrons. The molecule has 0 radical (unpaired) electrons. The Balaban J connectivity index is 1.69. The lowest BCUT2D eigenvalue weighted by Crippen LogP contribution is -2.04. The normalized spacial score (nSPS) is 25.3. The molecule has 1 aliphatic heterocycles. The second-order valence-electron chi connectivity index (χ2n) is 5.22. The van der Waals surface area contributed by atoms with E-state index in [2.05, 4.69) is 36.4 Å². The molecule has 0 spiro atoms. The molecule has 1 aromatic carbocycles. The first-order valence-corrected chi connectivity index (χ1v) is 6.94. The molecule has 2 nitrogen and oxygen atoms in total. The van der Waals surface area contributed by atoms with Crippen LogP contribution in [0.5, 0.6) is 0 Å². The molecule has 3 rings (SSSR count). The molecule has 0 aromatic heterocycles. The van der Waals surface area contributed by atoms with Crippen molar-refractivity contribution in [3.05, 3.63) is 59.2 Å². The molecule has 1 aromatic rings. The standard InChI is InChI=1S/C17H18O2/c18-17-16(10-11-19-17)12-13-6-8-15(9-7-13)14-4-2-1-3-5-14/h1-6,12,15H,7-11H2/b16-12-. The summed E-state index contributed by atoms with van der Waals surface area (Å²) in [6, 6.07) is 10.7. The Morgan fingerprint density at radius 1 is 1.16 bits per heavy atom. The number of benzene rings is 1. The van der Waals surface area contributed by atoms with E-state index in [1.165, 1.54) is 11.1 Å². The van der Waals surface area contributed by atoms with Gasteiger partial charge in [-0.25, -0.2) is 4.79 Å². The minimum Gasteiger partial charge on any atom is -0.462 e. The Bertz CT molecular complexity index is 525. The van der Waals surface area contributed by atoms with Crippen LogP contribution in [0.4, 0.5) is 0 Å². The van der Waals surface area contributed by atoms with E-state index < -0.39 is 0 Å². The van der Waals surface area contributed by atoms with Crippen molar-refractivity contribution in [2.75, 3.05) is 6.61 Å². The smallest absolute Gasteiger partial charge is 0.334 e. The molecule has 1 aliphatic carbocycles. The summed E-state index contributed by atoms with van der Waals surface area (Å²) in [5.41, 5.74) is 3.55. The largest absolute Gasteiger partial charge is 0.462 e. The first kappa shape index (κ1) is 12.2. The van der Waals surface area contributed by atoms with E-state index in [-0.39, 0.29) is 5.97 Å². The molecule has 0 amide bonds. The van der Waals surface area contributed by atoms with Gasteiger partial charge < -0.3 is 4.74 Å². The highest BCUT2D eigenvalue weighted by Crippen LogP contribution is 2.33. The Hall–Kier alpha value is -1.83. The molecule has 1 heterocycles. The number of carbonyl (C=O) groups excluding carboxylic acids is 1. The minimum absolute atomic E-state index is 0.133. The number of hydrogen-bond acceptors (Lipinski definition) is 2. The lowest BCUT2D eigenvalue weighted by molar-refractivity contribution is -0.135. The maximum Gasteiger partial charge on any atom is 0.334 e. The Kier molecular flexibility index (Phi) is 3.49. The second-order valence-corrected chi connectivity index (χ2v) is 5.22. The van der Waals surface area contributed by atoms with Crippen molar-refractivity contribution >= 4 is 5.97 Å². The Labute approximate surface area is 113 Å². The van der Waals surface area contributed by atoms with E-state index in [0.29, 0.717) is 12.5 Å². The van der Waals surface area contributed by atoms with Crippen LogP contribution in [0.1, 0.15) is 37.2 Å². The van der Waals surface area contributed by atoms with Crippen LogP contribution >= 0.6 is 0 Å². The van der Waals surface area contributed by atoms with Crippen molar-refractivity contribution < 1.29 is 9.53 Å². The lowest BCUT2D eigenvalue weighted by Gasteiger charge is -2.21. The summed E-state index contributed by atoms with van der Waals surface area (Å²) in [6.45, 7) is 0.546. The summed E-state index contributed by atoms with van der Waals surface area (Å²) in [4.78, 5) is 11.4. The third-order valence-corrected chi connectivity index (χ3v) is 3.94. The molecule has 19 heavy (non-hydrogen) atoms. The van der Waals surface area contributed by atoms with Gasteiger partial charge in [-0.15, -0.1) is 0 Å². The average molecular weight is 254 g/mol. The first-order valence-electron chi connectivity index (χ1n) is 6.94. The summed E-state index contributed by atoms with van der Waals surface area (Å²) >= 11 is 0. The highest BCUT2D eigenvalue weighted by molar-refractivity contribution is 5.90. The third kappa shape index (κ3) is 2.78. The number of rotatable bonds is 2. The van der Waals surface area contributed by atoms with Gasteiger partial charge in [0.2, 0.25) is 0 Å². The van der Waals surface area contributed by atoms with E-state index in [1.54, 1.807) is 0 Å². The van der Waals surface area contributed by atoms with Crippen molar-refractivity contribution in [3.63, 3.8) is 0 Å². The molecule has 1 saturated heterocycles. The van der Waals surface area contributed by atoms with Gasteiger partial charge in [0.05, 0.1) is 6.61 Å². The van der Waals surface area contributed by atoms with E-state index >= 15 is 0 Å². The lowest BCUT2D eigenvalue weighted by atomic mass is 9.84. The predicted molar refractivity (Wildman–Crippen MR) is 74.8 cm³/mol. The maximum atomic E-state index is 11.4. The number of ether oxygens (including phenoxy) is 1. The predicted octanol–water partition coefficient (Wildman–Crippen LogP) is 3.75. The van der Waals surface area contributed by atoms with Gasteiger partial charge in [-0.1, -0.05) is 42.0 Å². The molecule has 0 N–H and O–H groups in total. The molecule has 0 saturated carbocycles. The SMILES string of the molecule is O=C1OCC/C1=C/C1=CCC(c2ccccc2)CC1. The summed E-state index contributed by atoms with van der Waals surface area (Å²) < 4.78 is 4.96. The van der Waals surface area contributed by atoms with Crippen molar-refractivity contribution in [2.24, 2.45) is 0 Å². The van der Waals surface area contributed by atoms with Crippen LogP contribution < -0.4 is 0 Å². The van der Waals surface area contributed by atoms with Gasteiger partial charge in [-0.05, 0) is 36.8 Å². The molecule has 2 aliphatic rings. The number of allylic oxidation sites excluding steroid dienone is 3. The highest BCUT2D eigenvalue weighted by atomic mass is 16.5. The quantitative estimate of drug-likeness (QED) is 0.593. The first-order chi connectivity index (χ1) is 9.33. The maximum absolute atomic E-state index is 11.4. The summed E-state index contributed by atoms with van der Waals surface area (Å²) in [5, 5.41) is 0. The van der Waals surface area contributed by atoms with Crippen molar-refractivity contribution in [1.82, 2.24) is 0 Å². The average Bonchev–Trinajstić information content (AvgIpc) is 2.86. The van der Waals surface area contributed by atoms with Gasteiger partial charge in [0.1, 0.15) is 0 Å². The Morgan fingerprint density at radius 2 is 2.00 bits per heavy atom. The van der Waals surface area contributed by atoms with Crippen LogP contribution in [0.15, 0.2) is 53.6 Å². The van der Waals surface area contributed by atoms with Crippen LogP contribution in [0.3, 0.4) is 0 Å². The third-order valence-electron chi connectivity index (χ3n) is 3.94. The number of esters is 1. The molecular weight excluding hydrogens is 236 g/mol. The number of cyclic esters (lactones) is 1. The van der Waals surface area contributed by atoms with Gasteiger partial charge in [0.15, 0.2) is 0 Å². The zero-order chi connectivity index (χ0) is 13.1. The molecule has 0 bridgehead atoms. The van der Waals surface area contributed by atoms with Gasteiger partial charge in [-0.2, -0.15) is 0 Å². The fraction of sp³-hybridized carbons (Fsp3) is 0.353. The zero-order valence-electron chi connectivity index (χ0n) is 11.0. The van der Waals surface area contributed by atoms with Gasteiger partial charge in [-0.3, -0.25) is 0 Å². The van der Waals surface area contributed by atoms with Crippen molar-refractivity contribution in [2.45, 2.75) is 31.6 Å². The second kappa shape index (κ2) is 5.43.